The van der Waals surface area contributed by atoms with E-state index in [4.69, 9.17) is 9.84 Å². The van der Waals surface area contributed by atoms with Crippen molar-refractivity contribution < 1.29 is 19.4 Å². The SMILES string of the molecule is COc1ccc(C#CCO)cc1N1C(=O)CC(C)C1=O. The lowest BCUT2D eigenvalue weighted by Crippen LogP contribution is -2.30. The Morgan fingerprint density at radius 3 is 2.75 bits per heavy atom. The van der Waals surface area contributed by atoms with Crippen LogP contribution in [0.15, 0.2) is 18.2 Å². The molecule has 20 heavy (non-hydrogen) atoms. The number of ether oxygens (including phenoxy) is 1. The number of anilines is 1. The van der Waals surface area contributed by atoms with Gasteiger partial charge < -0.3 is 9.84 Å². The highest BCUT2D eigenvalue weighted by Gasteiger charge is 2.38. The van der Waals surface area contributed by atoms with Gasteiger partial charge in [0.1, 0.15) is 12.4 Å². The van der Waals surface area contributed by atoms with Gasteiger partial charge in [-0.15, -0.1) is 0 Å². The topological polar surface area (TPSA) is 66.8 Å². The Balaban J connectivity index is 2.48. The Bertz CT molecular complexity index is 612. The molecule has 0 spiro atoms. The second-order valence-corrected chi connectivity index (χ2v) is 4.52. The number of carbonyl (C=O) groups is 2. The van der Waals surface area contributed by atoms with Crippen molar-refractivity contribution in [2.75, 3.05) is 18.6 Å². The summed E-state index contributed by atoms with van der Waals surface area (Å²) < 4.78 is 5.21. The van der Waals surface area contributed by atoms with Crippen LogP contribution in [0.2, 0.25) is 0 Å². The van der Waals surface area contributed by atoms with Crippen LogP contribution in [0.4, 0.5) is 5.69 Å². The fourth-order valence-electron chi connectivity index (χ4n) is 2.12. The highest BCUT2D eigenvalue weighted by Crippen LogP contribution is 2.34. The van der Waals surface area contributed by atoms with E-state index in [1.165, 1.54) is 7.11 Å². The summed E-state index contributed by atoms with van der Waals surface area (Å²) in [4.78, 5) is 25.2. The minimum atomic E-state index is -0.320. The van der Waals surface area contributed by atoms with E-state index in [0.717, 1.165) is 4.90 Å². The minimum absolute atomic E-state index is 0.203. The number of nitrogens with zero attached hydrogens (tertiary/aromatic N) is 1. The molecule has 1 aromatic rings. The van der Waals surface area contributed by atoms with Crippen LogP contribution in [0.3, 0.4) is 0 Å². The molecule has 5 nitrogen and oxygen atoms in total. The van der Waals surface area contributed by atoms with Gasteiger partial charge >= 0.3 is 0 Å². The van der Waals surface area contributed by atoms with Gasteiger partial charge in [-0.1, -0.05) is 18.8 Å². The molecule has 5 heteroatoms. The van der Waals surface area contributed by atoms with E-state index in [-0.39, 0.29) is 30.8 Å². The van der Waals surface area contributed by atoms with Crippen molar-refractivity contribution in [2.24, 2.45) is 5.92 Å². The number of methoxy groups -OCH3 is 1. The Morgan fingerprint density at radius 1 is 1.45 bits per heavy atom. The predicted octanol–water partition coefficient (Wildman–Crippen LogP) is 0.938. The summed E-state index contributed by atoms with van der Waals surface area (Å²) in [6, 6.07) is 4.98. The van der Waals surface area contributed by atoms with Crippen molar-refractivity contribution in [1.29, 1.82) is 0 Å². The summed E-state index contributed by atoms with van der Waals surface area (Å²) >= 11 is 0. The third kappa shape index (κ3) is 2.51. The van der Waals surface area contributed by atoms with Gasteiger partial charge in [0.15, 0.2) is 0 Å². The zero-order valence-corrected chi connectivity index (χ0v) is 11.3. The maximum atomic E-state index is 12.1. The molecule has 2 amide bonds. The van der Waals surface area contributed by atoms with Gasteiger partial charge in [0.05, 0.1) is 12.8 Å². The molecule has 1 unspecified atom stereocenters. The molecule has 0 aromatic heterocycles. The fraction of sp³-hybridized carbons (Fsp3) is 0.333. The van der Waals surface area contributed by atoms with Gasteiger partial charge in [-0.05, 0) is 18.2 Å². The number of amides is 2. The van der Waals surface area contributed by atoms with Crippen LogP contribution in [0.5, 0.6) is 5.75 Å². The summed E-state index contributed by atoms with van der Waals surface area (Å²) in [6.45, 7) is 1.47. The third-order valence-electron chi connectivity index (χ3n) is 3.10. The first-order chi connectivity index (χ1) is 9.58. The first-order valence-electron chi connectivity index (χ1n) is 6.23. The Labute approximate surface area is 117 Å². The van der Waals surface area contributed by atoms with E-state index >= 15 is 0 Å². The number of aliphatic hydroxyl groups excluding tert-OH is 1. The van der Waals surface area contributed by atoms with Crippen molar-refractivity contribution in [3.05, 3.63) is 23.8 Å². The smallest absolute Gasteiger partial charge is 0.237 e. The van der Waals surface area contributed by atoms with E-state index in [2.05, 4.69) is 11.8 Å². The zero-order chi connectivity index (χ0) is 14.7. The van der Waals surface area contributed by atoms with Gasteiger partial charge in [-0.2, -0.15) is 0 Å². The number of carbonyl (C=O) groups excluding carboxylic acids is 2. The minimum Gasteiger partial charge on any atom is -0.495 e. The normalized spacial score (nSPS) is 17.9. The predicted molar refractivity (Wildman–Crippen MR) is 73.2 cm³/mol. The van der Waals surface area contributed by atoms with Crippen LogP contribution < -0.4 is 9.64 Å². The number of hydrogen-bond donors (Lipinski definition) is 1. The van der Waals surface area contributed by atoms with E-state index in [9.17, 15) is 9.59 Å². The molecule has 1 aromatic carbocycles. The standard InChI is InChI=1S/C15H15NO4/c1-10-8-14(18)16(15(10)19)12-9-11(4-3-7-17)5-6-13(12)20-2/h5-6,9-10,17H,7-8H2,1-2H3. The Kier molecular flexibility index (Phi) is 4.06. The van der Waals surface area contributed by atoms with E-state index in [1.54, 1.807) is 25.1 Å². The number of hydrogen-bond acceptors (Lipinski definition) is 4. The molecule has 0 aliphatic carbocycles. The molecule has 104 valence electrons. The molecule has 0 bridgehead atoms. The lowest BCUT2D eigenvalue weighted by molar-refractivity contribution is -0.122. The second-order valence-electron chi connectivity index (χ2n) is 4.52. The molecule has 1 aliphatic heterocycles. The van der Waals surface area contributed by atoms with Crippen molar-refractivity contribution in [3.8, 4) is 17.6 Å². The summed E-state index contributed by atoms with van der Waals surface area (Å²) in [5.41, 5.74) is 1.01. The summed E-state index contributed by atoms with van der Waals surface area (Å²) in [6.07, 6.45) is 0.203. The van der Waals surface area contributed by atoms with Crippen LogP contribution in [0.25, 0.3) is 0 Å². The fourth-order valence-corrected chi connectivity index (χ4v) is 2.12. The van der Waals surface area contributed by atoms with Gasteiger partial charge in [-0.25, -0.2) is 4.90 Å². The Morgan fingerprint density at radius 2 is 2.20 bits per heavy atom. The van der Waals surface area contributed by atoms with E-state index < -0.39 is 0 Å². The molecule has 1 N–H and O–H groups in total. The number of aliphatic hydroxyl groups is 1. The van der Waals surface area contributed by atoms with Crippen LogP contribution in [-0.2, 0) is 9.59 Å². The average Bonchev–Trinajstić information content (AvgIpc) is 2.69. The van der Waals surface area contributed by atoms with Crippen LogP contribution in [0.1, 0.15) is 18.9 Å². The lowest BCUT2D eigenvalue weighted by atomic mass is 10.1. The van der Waals surface area contributed by atoms with Crippen molar-refractivity contribution in [3.63, 3.8) is 0 Å². The molecule has 0 radical (unpaired) electrons. The largest absolute Gasteiger partial charge is 0.495 e. The number of rotatable bonds is 2. The van der Waals surface area contributed by atoms with Gasteiger partial charge in [0.2, 0.25) is 11.8 Å². The number of imide groups is 1. The molecule has 2 rings (SSSR count). The maximum Gasteiger partial charge on any atom is 0.237 e. The molecule has 1 saturated heterocycles. The van der Waals surface area contributed by atoms with E-state index in [0.29, 0.717) is 17.0 Å². The van der Waals surface area contributed by atoms with Gasteiger partial charge in [0.25, 0.3) is 0 Å². The Hall–Kier alpha value is -2.32. The quantitative estimate of drug-likeness (QED) is 0.643. The average molecular weight is 273 g/mol. The first kappa shape index (κ1) is 14.1. The van der Waals surface area contributed by atoms with Crippen LogP contribution >= 0.6 is 0 Å². The summed E-state index contributed by atoms with van der Waals surface area (Å²) in [7, 11) is 1.48. The highest BCUT2D eigenvalue weighted by molar-refractivity contribution is 6.21. The second kappa shape index (κ2) is 5.76. The molecular weight excluding hydrogens is 258 g/mol. The molecule has 0 saturated carbocycles. The van der Waals surface area contributed by atoms with E-state index in [1.807, 2.05) is 0 Å². The van der Waals surface area contributed by atoms with Crippen molar-refractivity contribution >= 4 is 17.5 Å². The molecule has 1 fully saturated rings. The molecule has 1 heterocycles. The van der Waals surface area contributed by atoms with Crippen LogP contribution in [-0.4, -0.2) is 30.6 Å². The molecule has 1 aliphatic rings. The first-order valence-corrected chi connectivity index (χ1v) is 6.23. The van der Waals surface area contributed by atoms with Crippen molar-refractivity contribution in [2.45, 2.75) is 13.3 Å². The van der Waals surface area contributed by atoms with Gasteiger partial charge in [-0.3, -0.25) is 9.59 Å². The van der Waals surface area contributed by atoms with Crippen LogP contribution in [0, 0.1) is 17.8 Å². The summed E-state index contributed by atoms with van der Waals surface area (Å²) in [5, 5.41) is 8.71. The molecule has 1 atom stereocenters. The number of benzene rings is 1. The highest BCUT2D eigenvalue weighted by atomic mass is 16.5. The lowest BCUT2D eigenvalue weighted by Gasteiger charge is -2.18. The van der Waals surface area contributed by atoms with Gasteiger partial charge in [0, 0.05) is 17.9 Å². The monoisotopic (exact) mass is 273 g/mol. The maximum absolute atomic E-state index is 12.1. The summed E-state index contributed by atoms with van der Waals surface area (Å²) in [5.74, 6) is 4.91. The molecular formula is C15H15NO4. The third-order valence-corrected chi connectivity index (χ3v) is 3.10. The van der Waals surface area contributed by atoms with Crippen molar-refractivity contribution in [1.82, 2.24) is 0 Å². The zero-order valence-electron chi connectivity index (χ0n) is 11.3.